The SMILES string of the molecule is O=C(NNC(=O)c1cc(Cl)cc(Cl)c1)c1ccc(NC(=O)c2ccccc2)cc1. The van der Waals surface area contributed by atoms with E-state index in [1.807, 2.05) is 6.07 Å². The summed E-state index contributed by atoms with van der Waals surface area (Å²) in [5.41, 5.74) is 6.17. The predicted octanol–water partition coefficient (Wildman–Crippen LogP) is 4.32. The fraction of sp³-hybridized carbons (Fsp3) is 0. The summed E-state index contributed by atoms with van der Waals surface area (Å²) in [7, 11) is 0. The molecule has 0 aliphatic heterocycles. The van der Waals surface area contributed by atoms with Crippen LogP contribution in [0.3, 0.4) is 0 Å². The highest BCUT2D eigenvalue weighted by atomic mass is 35.5. The molecule has 0 aliphatic rings. The molecule has 0 bridgehead atoms. The van der Waals surface area contributed by atoms with Crippen LogP contribution in [0.1, 0.15) is 31.1 Å². The van der Waals surface area contributed by atoms with Crippen molar-refractivity contribution in [2.45, 2.75) is 0 Å². The zero-order valence-electron chi connectivity index (χ0n) is 14.9. The van der Waals surface area contributed by atoms with Gasteiger partial charge in [0, 0.05) is 32.4 Å². The minimum absolute atomic E-state index is 0.210. The highest BCUT2D eigenvalue weighted by Gasteiger charge is 2.11. The fourth-order valence-electron chi connectivity index (χ4n) is 2.44. The number of benzene rings is 3. The number of rotatable bonds is 4. The van der Waals surface area contributed by atoms with Gasteiger partial charge in [0.05, 0.1) is 0 Å². The molecule has 0 heterocycles. The smallest absolute Gasteiger partial charge is 0.269 e. The van der Waals surface area contributed by atoms with Gasteiger partial charge in [-0.3, -0.25) is 25.2 Å². The average molecular weight is 428 g/mol. The van der Waals surface area contributed by atoms with Crippen LogP contribution in [0.5, 0.6) is 0 Å². The summed E-state index contributed by atoms with van der Waals surface area (Å²) in [5, 5.41) is 3.36. The molecule has 146 valence electrons. The monoisotopic (exact) mass is 427 g/mol. The van der Waals surface area contributed by atoms with E-state index in [1.165, 1.54) is 30.3 Å². The molecule has 0 aliphatic carbocycles. The standard InChI is InChI=1S/C21H15Cl2N3O3/c22-16-10-15(11-17(23)12-16)21(29)26-25-20(28)14-6-8-18(9-7-14)24-19(27)13-4-2-1-3-5-13/h1-12H,(H,24,27)(H,25,28)(H,26,29). The lowest BCUT2D eigenvalue weighted by atomic mass is 10.1. The second-order valence-electron chi connectivity index (χ2n) is 5.96. The largest absolute Gasteiger partial charge is 0.322 e. The zero-order valence-corrected chi connectivity index (χ0v) is 16.4. The number of anilines is 1. The number of carbonyl (C=O) groups excluding carboxylic acids is 3. The second-order valence-corrected chi connectivity index (χ2v) is 6.84. The van der Waals surface area contributed by atoms with Gasteiger partial charge in [0.25, 0.3) is 17.7 Å². The van der Waals surface area contributed by atoms with Crippen molar-refractivity contribution in [3.63, 3.8) is 0 Å². The molecule has 3 amide bonds. The molecule has 0 fully saturated rings. The topological polar surface area (TPSA) is 87.3 Å². The molecule has 0 saturated heterocycles. The van der Waals surface area contributed by atoms with Crippen LogP contribution in [0.15, 0.2) is 72.8 Å². The Hall–Kier alpha value is -3.35. The van der Waals surface area contributed by atoms with E-state index in [4.69, 9.17) is 23.2 Å². The van der Waals surface area contributed by atoms with Gasteiger partial charge >= 0.3 is 0 Å². The summed E-state index contributed by atoms with van der Waals surface area (Å²) < 4.78 is 0. The fourth-order valence-corrected chi connectivity index (χ4v) is 2.97. The van der Waals surface area contributed by atoms with Gasteiger partial charge in [0.1, 0.15) is 0 Å². The number of hydrogen-bond acceptors (Lipinski definition) is 3. The van der Waals surface area contributed by atoms with Gasteiger partial charge in [-0.15, -0.1) is 0 Å². The predicted molar refractivity (Wildman–Crippen MR) is 112 cm³/mol. The van der Waals surface area contributed by atoms with Crippen molar-refractivity contribution in [2.24, 2.45) is 0 Å². The molecule has 0 unspecified atom stereocenters. The van der Waals surface area contributed by atoms with Crippen LogP contribution in [0, 0.1) is 0 Å². The van der Waals surface area contributed by atoms with E-state index in [-0.39, 0.29) is 11.5 Å². The van der Waals surface area contributed by atoms with Gasteiger partial charge in [0.2, 0.25) is 0 Å². The Kier molecular flexibility index (Phi) is 6.49. The first-order chi connectivity index (χ1) is 13.9. The second kappa shape index (κ2) is 9.23. The minimum Gasteiger partial charge on any atom is -0.322 e. The lowest BCUT2D eigenvalue weighted by Gasteiger charge is -2.09. The lowest BCUT2D eigenvalue weighted by Crippen LogP contribution is -2.41. The Labute approximate surface area is 176 Å². The van der Waals surface area contributed by atoms with E-state index in [0.717, 1.165) is 0 Å². The molecule has 3 aromatic carbocycles. The van der Waals surface area contributed by atoms with Crippen molar-refractivity contribution in [2.75, 3.05) is 5.32 Å². The molecule has 0 radical (unpaired) electrons. The average Bonchev–Trinajstić information content (AvgIpc) is 2.72. The van der Waals surface area contributed by atoms with E-state index in [2.05, 4.69) is 16.2 Å². The molecule has 0 aromatic heterocycles. The van der Waals surface area contributed by atoms with Crippen molar-refractivity contribution < 1.29 is 14.4 Å². The number of carbonyl (C=O) groups is 3. The van der Waals surface area contributed by atoms with Gasteiger partial charge < -0.3 is 5.32 Å². The normalized spacial score (nSPS) is 10.1. The third-order valence-corrected chi connectivity index (χ3v) is 4.29. The Morgan fingerprint density at radius 2 is 1.10 bits per heavy atom. The van der Waals surface area contributed by atoms with Crippen molar-refractivity contribution in [1.29, 1.82) is 0 Å². The van der Waals surface area contributed by atoms with Crippen LogP contribution < -0.4 is 16.2 Å². The molecular weight excluding hydrogens is 413 g/mol. The Balaban J connectivity index is 1.57. The van der Waals surface area contributed by atoms with Crippen LogP contribution in [0.25, 0.3) is 0 Å². The highest BCUT2D eigenvalue weighted by Crippen LogP contribution is 2.19. The van der Waals surface area contributed by atoms with Gasteiger partial charge in [-0.2, -0.15) is 0 Å². The molecule has 0 spiro atoms. The lowest BCUT2D eigenvalue weighted by molar-refractivity contribution is 0.0846. The molecular formula is C21H15Cl2N3O3. The third kappa shape index (κ3) is 5.57. The van der Waals surface area contributed by atoms with Gasteiger partial charge in [0.15, 0.2) is 0 Å². The van der Waals surface area contributed by atoms with Crippen molar-refractivity contribution >= 4 is 46.6 Å². The van der Waals surface area contributed by atoms with Crippen molar-refractivity contribution in [3.8, 4) is 0 Å². The van der Waals surface area contributed by atoms with E-state index in [1.54, 1.807) is 36.4 Å². The molecule has 29 heavy (non-hydrogen) atoms. The zero-order chi connectivity index (χ0) is 20.8. The molecule has 3 N–H and O–H groups in total. The maximum Gasteiger partial charge on any atom is 0.269 e. The third-order valence-electron chi connectivity index (χ3n) is 3.86. The van der Waals surface area contributed by atoms with Crippen LogP contribution in [-0.4, -0.2) is 17.7 Å². The van der Waals surface area contributed by atoms with Crippen LogP contribution in [0.2, 0.25) is 10.0 Å². The van der Waals surface area contributed by atoms with E-state index in [0.29, 0.717) is 26.9 Å². The molecule has 6 nitrogen and oxygen atoms in total. The molecule has 3 rings (SSSR count). The summed E-state index contributed by atoms with van der Waals surface area (Å²) in [6.07, 6.45) is 0. The van der Waals surface area contributed by atoms with Gasteiger partial charge in [-0.25, -0.2) is 0 Å². The first kappa shape index (κ1) is 20.4. The summed E-state index contributed by atoms with van der Waals surface area (Å²) in [5.74, 6) is -1.34. The maximum absolute atomic E-state index is 12.2. The number of amides is 3. The number of hydrogen-bond donors (Lipinski definition) is 3. The Bertz CT molecular complexity index is 1030. The molecule has 0 atom stereocenters. The number of halogens is 2. The Morgan fingerprint density at radius 1 is 0.586 bits per heavy atom. The maximum atomic E-state index is 12.2. The quantitative estimate of drug-likeness (QED) is 0.541. The van der Waals surface area contributed by atoms with E-state index >= 15 is 0 Å². The van der Waals surface area contributed by atoms with Crippen molar-refractivity contribution in [3.05, 3.63) is 99.5 Å². The van der Waals surface area contributed by atoms with E-state index < -0.39 is 11.8 Å². The summed E-state index contributed by atoms with van der Waals surface area (Å²) >= 11 is 11.7. The minimum atomic E-state index is -0.561. The highest BCUT2D eigenvalue weighted by molar-refractivity contribution is 6.35. The first-order valence-electron chi connectivity index (χ1n) is 8.45. The molecule has 0 saturated carbocycles. The Morgan fingerprint density at radius 3 is 1.69 bits per heavy atom. The molecule has 3 aromatic rings. The van der Waals surface area contributed by atoms with Crippen LogP contribution >= 0.6 is 23.2 Å². The summed E-state index contributed by atoms with van der Waals surface area (Å²) in [4.78, 5) is 36.4. The van der Waals surface area contributed by atoms with Gasteiger partial charge in [-0.1, -0.05) is 41.4 Å². The van der Waals surface area contributed by atoms with Crippen molar-refractivity contribution in [1.82, 2.24) is 10.9 Å². The summed E-state index contributed by atoms with van der Waals surface area (Å²) in [6, 6.07) is 19.4. The van der Waals surface area contributed by atoms with Crippen LogP contribution in [-0.2, 0) is 0 Å². The first-order valence-corrected chi connectivity index (χ1v) is 9.21. The summed E-state index contributed by atoms with van der Waals surface area (Å²) in [6.45, 7) is 0. The molecule has 8 heteroatoms. The van der Waals surface area contributed by atoms with E-state index in [9.17, 15) is 14.4 Å². The van der Waals surface area contributed by atoms with Gasteiger partial charge in [-0.05, 0) is 54.6 Å². The van der Waals surface area contributed by atoms with Crippen LogP contribution in [0.4, 0.5) is 5.69 Å². The number of hydrazine groups is 1. The number of nitrogens with one attached hydrogen (secondary N) is 3.